The zero-order valence-corrected chi connectivity index (χ0v) is 18.1. The number of rotatable bonds is 5. The molecule has 169 valence electrons. The van der Waals surface area contributed by atoms with Crippen molar-refractivity contribution in [3.63, 3.8) is 0 Å². The van der Waals surface area contributed by atoms with Crippen molar-refractivity contribution in [2.24, 2.45) is 0 Å². The topological polar surface area (TPSA) is 65.9 Å². The first-order valence-electron chi connectivity index (χ1n) is 11.2. The van der Waals surface area contributed by atoms with Crippen LogP contribution in [0.1, 0.15) is 18.4 Å². The average molecular weight is 449 g/mol. The van der Waals surface area contributed by atoms with Gasteiger partial charge in [-0.15, -0.1) is 0 Å². The van der Waals surface area contributed by atoms with Crippen LogP contribution in [0.3, 0.4) is 0 Å². The molecule has 9 heteroatoms. The molecular formula is C24H24F2N7. The molecule has 1 aromatic carbocycles. The molecule has 0 bridgehead atoms. The predicted octanol–water partition coefficient (Wildman–Crippen LogP) is 3.46. The number of H-pyrrole nitrogens is 1. The summed E-state index contributed by atoms with van der Waals surface area (Å²) in [6, 6.07) is 7.56. The molecule has 2 aliphatic heterocycles. The van der Waals surface area contributed by atoms with Gasteiger partial charge in [-0.1, -0.05) is 0 Å². The van der Waals surface area contributed by atoms with Crippen molar-refractivity contribution in [2.75, 3.05) is 26.2 Å². The lowest BCUT2D eigenvalue weighted by molar-refractivity contribution is 0.0668. The molecule has 4 aromatic rings. The monoisotopic (exact) mass is 448 g/mol. The fraction of sp³-hybridized carbons (Fsp3) is 0.333. The molecule has 0 spiro atoms. The molecule has 0 unspecified atom stereocenters. The van der Waals surface area contributed by atoms with Crippen LogP contribution in [-0.4, -0.2) is 66.8 Å². The second-order valence-corrected chi connectivity index (χ2v) is 8.89. The highest BCUT2D eigenvalue weighted by Crippen LogP contribution is 2.30. The smallest absolute Gasteiger partial charge is 0.141 e. The number of aromatic nitrogens is 5. The maximum Gasteiger partial charge on any atom is 0.141 e. The van der Waals surface area contributed by atoms with Gasteiger partial charge in [0.25, 0.3) is 0 Å². The number of nitrogens with one attached hydrogen (secondary N) is 1. The van der Waals surface area contributed by atoms with Gasteiger partial charge in [0.05, 0.1) is 11.9 Å². The second-order valence-electron chi connectivity index (χ2n) is 8.89. The Hall–Kier alpha value is -3.17. The first kappa shape index (κ1) is 20.4. The lowest BCUT2D eigenvalue weighted by Gasteiger charge is -2.46. The van der Waals surface area contributed by atoms with E-state index in [0.29, 0.717) is 18.2 Å². The fourth-order valence-corrected chi connectivity index (χ4v) is 4.95. The Morgan fingerprint density at radius 2 is 1.82 bits per heavy atom. The summed E-state index contributed by atoms with van der Waals surface area (Å²) in [5.41, 5.74) is 3.38. The minimum atomic E-state index is -0.512. The Kier molecular flexibility index (Phi) is 5.15. The van der Waals surface area contributed by atoms with Gasteiger partial charge in [-0.05, 0) is 49.7 Å². The summed E-state index contributed by atoms with van der Waals surface area (Å²) in [4.78, 5) is 16.6. The third kappa shape index (κ3) is 4.02. The van der Waals surface area contributed by atoms with Crippen LogP contribution in [0.4, 0.5) is 8.78 Å². The number of likely N-dealkylation sites (tertiary alicyclic amines) is 2. The van der Waals surface area contributed by atoms with Crippen molar-refractivity contribution in [3.8, 4) is 11.3 Å². The zero-order chi connectivity index (χ0) is 22.4. The van der Waals surface area contributed by atoms with Crippen LogP contribution >= 0.6 is 0 Å². The van der Waals surface area contributed by atoms with Crippen LogP contribution in [0, 0.1) is 17.7 Å². The van der Waals surface area contributed by atoms with Crippen molar-refractivity contribution in [1.29, 1.82) is 0 Å². The number of hydrogen-bond donors (Lipinski definition) is 1. The van der Waals surface area contributed by atoms with E-state index in [1.54, 1.807) is 6.33 Å². The van der Waals surface area contributed by atoms with Crippen molar-refractivity contribution in [3.05, 3.63) is 72.4 Å². The summed E-state index contributed by atoms with van der Waals surface area (Å²) < 4.78 is 28.9. The molecular weight excluding hydrogens is 424 g/mol. The highest BCUT2D eigenvalue weighted by Gasteiger charge is 2.36. The van der Waals surface area contributed by atoms with E-state index in [-0.39, 0.29) is 0 Å². The fourth-order valence-electron chi connectivity index (χ4n) is 4.95. The van der Waals surface area contributed by atoms with Gasteiger partial charge in [0.2, 0.25) is 0 Å². The Labute approximate surface area is 190 Å². The first-order chi connectivity index (χ1) is 16.1. The normalized spacial score (nSPS) is 18.7. The zero-order valence-electron chi connectivity index (χ0n) is 18.1. The van der Waals surface area contributed by atoms with E-state index < -0.39 is 11.6 Å². The van der Waals surface area contributed by atoms with Crippen molar-refractivity contribution in [1.82, 2.24) is 34.5 Å². The predicted molar refractivity (Wildman–Crippen MR) is 120 cm³/mol. The van der Waals surface area contributed by atoms with Gasteiger partial charge in [0.1, 0.15) is 29.7 Å². The van der Waals surface area contributed by atoms with E-state index >= 15 is 0 Å². The van der Waals surface area contributed by atoms with Crippen LogP contribution in [0.5, 0.6) is 0 Å². The Bertz CT molecular complexity index is 1250. The molecule has 1 N–H and O–H groups in total. The number of halogens is 2. The molecule has 1 radical (unpaired) electrons. The van der Waals surface area contributed by atoms with Gasteiger partial charge in [-0.3, -0.25) is 14.5 Å². The molecule has 2 saturated heterocycles. The highest BCUT2D eigenvalue weighted by molar-refractivity contribution is 5.90. The van der Waals surface area contributed by atoms with Crippen LogP contribution in [-0.2, 0) is 6.54 Å². The molecule has 7 nitrogen and oxygen atoms in total. The van der Waals surface area contributed by atoms with Gasteiger partial charge in [-0.25, -0.2) is 18.7 Å². The number of hydrogen-bond acceptors (Lipinski definition) is 5. The number of aromatic amines is 1. The van der Waals surface area contributed by atoms with Gasteiger partial charge >= 0.3 is 0 Å². The molecule has 0 aliphatic carbocycles. The molecule has 0 atom stereocenters. The third-order valence-electron chi connectivity index (χ3n) is 6.71. The summed E-state index contributed by atoms with van der Waals surface area (Å²) in [6.07, 6.45) is 9.46. The van der Waals surface area contributed by atoms with Crippen LogP contribution in [0.2, 0.25) is 0 Å². The first-order valence-corrected chi connectivity index (χ1v) is 11.2. The molecule has 33 heavy (non-hydrogen) atoms. The molecule has 5 heterocycles. The molecule has 0 saturated carbocycles. The number of fused-ring (bicyclic) bond motifs is 1. The summed E-state index contributed by atoms with van der Waals surface area (Å²) >= 11 is 0. The molecule has 2 fully saturated rings. The molecule has 6 rings (SSSR count). The van der Waals surface area contributed by atoms with Crippen LogP contribution in [0.15, 0.2) is 49.2 Å². The van der Waals surface area contributed by atoms with Gasteiger partial charge in [0, 0.05) is 55.1 Å². The third-order valence-corrected chi connectivity index (χ3v) is 6.71. The number of nitrogens with zero attached hydrogens (tertiary/aromatic N) is 6. The van der Waals surface area contributed by atoms with Crippen molar-refractivity contribution < 1.29 is 8.78 Å². The van der Waals surface area contributed by atoms with E-state index in [2.05, 4.69) is 29.9 Å². The second kappa shape index (κ2) is 8.31. The number of benzene rings is 1. The largest absolute Gasteiger partial charge is 0.346 e. The average Bonchev–Trinajstić information content (AvgIpc) is 3.43. The minimum Gasteiger partial charge on any atom is -0.346 e. The molecule has 2 aliphatic rings. The summed E-state index contributed by atoms with van der Waals surface area (Å²) in [5.74, 6) is -1.02. The van der Waals surface area contributed by atoms with Crippen LogP contribution in [0.25, 0.3) is 22.3 Å². The maximum atomic E-state index is 13.4. The van der Waals surface area contributed by atoms with Gasteiger partial charge < -0.3 is 4.98 Å². The Balaban J connectivity index is 1.03. The SMILES string of the molecule is Fc1cc(F)cc(CN2CCC(N3C[C](n4cc(-c5ncnc6[nH]ccc56)cn4)C3)CC2)c1. The van der Waals surface area contributed by atoms with Crippen molar-refractivity contribution in [2.45, 2.75) is 25.4 Å². The quantitative estimate of drug-likeness (QED) is 0.507. The van der Waals surface area contributed by atoms with E-state index in [9.17, 15) is 8.78 Å². The maximum absolute atomic E-state index is 13.4. The highest BCUT2D eigenvalue weighted by atomic mass is 19.1. The lowest BCUT2D eigenvalue weighted by atomic mass is 9.97. The molecule has 0 amide bonds. The van der Waals surface area contributed by atoms with E-state index in [1.165, 1.54) is 18.2 Å². The minimum absolute atomic E-state index is 0.512. The Morgan fingerprint density at radius 3 is 2.61 bits per heavy atom. The summed E-state index contributed by atoms with van der Waals surface area (Å²) in [6.45, 7) is 4.27. The number of piperidine rings is 1. The standard InChI is InChI=1S/C24H24F2N7/c25-18-7-16(8-19(26)9-18)11-31-5-2-20(3-6-31)32-13-21(14-32)33-12-17(10-30-33)23-22-1-4-27-24(22)29-15-28-23/h1,4,7-10,12,15,20H,2-3,5-6,11,13-14H2,(H,27,28,29). The Morgan fingerprint density at radius 1 is 1.03 bits per heavy atom. The van der Waals surface area contributed by atoms with Gasteiger partial charge in [-0.2, -0.15) is 5.10 Å². The lowest BCUT2D eigenvalue weighted by Crippen LogP contribution is -2.56. The van der Waals surface area contributed by atoms with Crippen molar-refractivity contribution >= 4 is 11.0 Å². The molecule has 3 aromatic heterocycles. The summed E-state index contributed by atoms with van der Waals surface area (Å²) in [7, 11) is 0. The summed E-state index contributed by atoms with van der Waals surface area (Å²) in [5, 5.41) is 5.56. The van der Waals surface area contributed by atoms with E-state index in [1.807, 2.05) is 29.3 Å². The van der Waals surface area contributed by atoms with E-state index in [4.69, 9.17) is 0 Å². The van der Waals surface area contributed by atoms with Crippen LogP contribution < -0.4 is 0 Å². The van der Waals surface area contributed by atoms with E-state index in [0.717, 1.165) is 67.4 Å². The van der Waals surface area contributed by atoms with Gasteiger partial charge in [0.15, 0.2) is 0 Å².